The van der Waals surface area contributed by atoms with Crippen molar-refractivity contribution < 1.29 is 18.7 Å². The number of nitrogens with two attached hydrogens (primary N) is 1. The SMILES string of the molecule is NC(=O)C[C@H]1CN(C(=O)Cc2cccnc2)CC[C@@H]1Oc1ccc(F)cc1. The van der Waals surface area contributed by atoms with E-state index in [0.29, 0.717) is 25.3 Å². The van der Waals surface area contributed by atoms with Gasteiger partial charge in [0.2, 0.25) is 11.8 Å². The second-order valence-electron chi connectivity index (χ2n) is 6.71. The van der Waals surface area contributed by atoms with Crippen LogP contribution in [0.1, 0.15) is 18.4 Å². The number of hydrogen-bond acceptors (Lipinski definition) is 4. The zero-order valence-corrected chi connectivity index (χ0v) is 14.9. The van der Waals surface area contributed by atoms with Gasteiger partial charge in [-0.25, -0.2) is 4.39 Å². The van der Waals surface area contributed by atoms with Crippen molar-refractivity contribution in [2.75, 3.05) is 13.1 Å². The predicted molar refractivity (Wildman–Crippen MR) is 97.3 cm³/mol. The van der Waals surface area contributed by atoms with Gasteiger partial charge in [0.05, 0.1) is 6.42 Å². The molecule has 142 valence electrons. The highest BCUT2D eigenvalue weighted by molar-refractivity contribution is 5.79. The summed E-state index contributed by atoms with van der Waals surface area (Å²) < 4.78 is 19.0. The summed E-state index contributed by atoms with van der Waals surface area (Å²) in [7, 11) is 0. The number of nitrogens with zero attached hydrogens (tertiary/aromatic N) is 2. The fourth-order valence-electron chi connectivity index (χ4n) is 3.32. The topological polar surface area (TPSA) is 85.5 Å². The van der Waals surface area contributed by atoms with Crippen molar-refractivity contribution in [2.45, 2.75) is 25.4 Å². The standard InChI is InChI=1S/C20H22FN3O3/c21-16-3-5-17(6-4-16)27-18-7-9-24(13-15(18)11-19(22)25)20(26)10-14-2-1-8-23-12-14/h1-6,8,12,15,18H,7,9-11,13H2,(H2,22,25)/t15-,18-/m0/s1. The zero-order chi connectivity index (χ0) is 19.2. The second-order valence-corrected chi connectivity index (χ2v) is 6.71. The van der Waals surface area contributed by atoms with E-state index in [0.717, 1.165) is 5.56 Å². The Labute approximate surface area is 157 Å². The molecule has 6 nitrogen and oxygen atoms in total. The third-order valence-electron chi connectivity index (χ3n) is 4.66. The lowest BCUT2D eigenvalue weighted by Gasteiger charge is -2.38. The number of piperidine rings is 1. The number of likely N-dealkylation sites (tertiary alicyclic amines) is 1. The lowest BCUT2D eigenvalue weighted by atomic mass is 9.90. The molecule has 3 rings (SSSR count). The molecule has 2 atom stereocenters. The van der Waals surface area contributed by atoms with Crippen molar-refractivity contribution >= 4 is 11.8 Å². The Morgan fingerprint density at radius 3 is 2.70 bits per heavy atom. The van der Waals surface area contributed by atoms with Crippen LogP contribution in [-0.2, 0) is 16.0 Å². The smallest absolute Gasteiger partial charge is 0.227 e. The summed E-state index contributed by atoms with van der Waals surface area (Å²) in [6.45, 7) is 0.925. The number of halogens is 1. The van der Waals surface area contributed by atoms with Gasteiger partial charge in [-0.1, -0.05) is 6.07 Å². The Bertz CT molecular complexity index is 783. The Hall–Kier alpha value is -2.96. The number of pyridine rings is 1. The summed E-state index contributed by atoms with van der Waals surface area (Å²) in [5.41, 5.74) is 6.23. The van der Waals surface area contributed by atoms with Gasteiger partial charge in [-0.15, -0.1) is 0 Å². The highest BCUT2D eigenvalue weighted by Gasteiger charge is 2.33. The Kier molecular flexibility index (Phi) is 6.01. The largest absolute Gasteiger partial charge is 0.490 e. The number of carbonyl (C=O) groups is 2. The van der Waals surface area contributed by atoms with Crippen LogP contribution in [0.3, 0.4) is 0 Å². The van der Waals surface area contributed by atoms with Gasteiger partial charge in [0.15, 0.2) is 0 Å². The number of rotatable bonds is 6. The molecule has 1 saturated heterocycles. The molecule has 0 aliphatic carbocycles. The Balaban J connectivity index is 1.65. The number of ether oxygens (including phenoxy) is 1. The van der Waals surface area contributed by atoms with Crippen molar-refractivity contribution in [1.29, 1.82) is 0 Å². The molecule has 1 aliphatic rings. The zero-order valence-electron chi connectivity index (χ0n) is 14.9. The molecular formula is C20H22FN3O3. The summed E-state index contributed by atoms with van der Waals surface area (Å²) in [6, 6.07) is 9.40. The third-order valence-corrected chi connectivity index (χ3v) is 4.66. The molecule has 1 aromatic heterocycles. The number of benzene rings is 1. The van der Waals surface area contributed by atoms with Gasteiger partial charge >= 0.3 is 0 Å². The molecule has 2 heterocycles. The number of hydrogen-bond donors (Lipinski definition) is 1. The number of carbonyl (C=O) groups excluding carboxylic acids is 2. The second kappa shape index (κ2) is 8.62. The van der Waals surface area contributed by atoms with Crippen LogP contribution in [-0.4, -0.2) is 40.9 Å². The summed E-state index contributed by atoms with van der Waals surface area (Å²) >= 11 is 0. The van der Waals surface area contributed by atoms with E-state index in [4.69, 9.17) is 10.5 Å². The van der Waals surface area contributed by atoms with Gasteiger partial charge in [-0.2, -0.15) is 0 Å². The van der Waals surface area contributed by atoms with Gasteiger partial charge < -0.3 is 15.4 Å². The van der Waals surface area contributed by atoms with Crippen molar-refractivity contribution in [2.24, 2.45) is 11.7 Å². The molecule has 7 heteroatoms. The minimum absolute atomic E-state index is 0.0160. The maximum Gasteiger partial charge on any atom is 0.227 e. The summed E-state index contributed by atoms with van der Waals surface area (Å²) in [5.74, 6) is -0.469. The molecule has 27 heavy (non-hydrogen) atoms. The molecule has 2 aromatic rings. The molecule has 0 bridgehead atoms. The Morgan fingerprint density at radius 1 is 1.26 bits per heavy atom. The van der Waals surface area contributed by atoms with E-state index >= 15 is 0 Å². The van der Waals surface area contributed by atoms with Crippen LogP contribution in [0.4, 0.5) is 4.39 Å². The number of aromatic nitrogens is 1. The Morgan fingerprint density at radius 2 is 2.04 bits per heavy atom. The first-order valence-corrected chi connectivity index (χ1v) is 8.88. The van der Waals surface area contributed by atoms with Gasteiger partial charge in [0.1, 0.15) is 17.7 Å². The average Bonchev–Trinajstić information content (AvgIpc) is 2.65. The monoisotopic (exact) mass is 371 g/mol. The van der Waals surface area contributed by atoms with E-state index in [-0.39, 0.29) is 36.6 Å². The van der Waals surface area contributed by atoms with E-state index in [9.17, 15) is 14.0 Å². The first kappa shape index (κ1) is 18.8. The van der Waals surface area contributed by atoms with E-state index in [1.54, 1.807) is 35.5 Å². The molecule has 1 aliphatic heterocycles. The van der Waals surface area contributed by atoms with Crippen LogP contribution < -0.4 is 10.5 Å². The van der Waals surface area contributed by atoms with Crippen molar-refractivity contribution in [3.63, 3.8) is 0 Å². The fourth-order valence-corrected chi connectivity index (χ4v) is 3.32. The molecular weight excluding hydrogens is 349 g/mol. The highest BCUT2D eigenvalue weighted by Crippen LogP contribution is 2.26. The molecule has 1 aromatic carbocycles. The van der Waals surface area contributed by atoms with Crippen LogP contribution in [0, 0.1) is 11.7 Å². The minimum Gasteiger partial charge on any atom is -0.490 e. The van der Waals surface area contributed by atoms with Gasteiger partial charge in [-0.3, -0.25) is 14.6 Å². The van der Waals surface area contributed by atoms with Gasteiger partial charge in [-0.05, 0) is 35.9 Å². The number of primary amides is 1. The lowest BCUT2D eigenvalue weighted by Crippen LogP contribution is -2.49. The quantitative estimate of drug-likeness (QED) is 0.841. The molecule has 0 unspecified atom stereocenters. The van der Waals surface area contributed by atoms with Crippen LogP contribution in [0.2, 0.25) is 0 Å². The van der Waals surface area contributed by atoms with Crippen molar-refractivity contribution in [1.82, 2.24) is 9.88 Å². The normalized spacial score (nSPS) is 19.5. The van der Waals surface area contributed by atoms with E-state index < -0.39 is 5.91 Å². The van der Waals surface area contributed by atoms with E-state index in [1.807, 2.05) is 6.07 Å². The molecule has 0 saturated carbocycles. The first-order valence-electron chi connectivity index (χ1n) is 8.88. The van der Waals surface area contributed by atoms with Crippen LogP contribution in [0.25, 0.3) is 0 Å². The van der Waals surface area contributed by atoms with Crippen LogP contribution in [0.15, 0.2) is 48.8 Å². The van der Waals surface area contributed by atoms with E-state index in [2.05, 4.69) is 4.98 Å². The predicted octanol–water partition coefficient (Wildman–Crippen LogP) is 1.93. The minimum atomic E-state index is -0.436. The molecule has 0 radical (unpaired) electrons. The van der Waals surface area contributed by atoms with Gasteiger partial charge in [0.25, 0.3) is 0 Å². The fraction of sp³-hybridized carbons (Fsp3) is 0.350. The maximum absolute atomic E-state index is 13.1. The molecule has 2 amide bonds. The van der Waals surface area contributed by atoms with Gasteiger partial charge in [0, 0.05) is 44.2 Å². The molecule has 0 spiro atoms. The van der Waals surface area contributed by atoms with Crippen LogP contribution >= 0.6 is 0 Å². The lowest BCUT2D eigenvalue weighted by molar-refractivity contribution is -0.135. The summed E-state index contributed by atoms with van der Waals surface area (Å²) in [4.78, 5) is 29.8. The van der Waals surface area contributed by atoms with E-state index in [1.165, 1.54) is 12.1 Å². The third kappa shape index (κ3) is 5.26. The van der Waals surface area contributed by atoms with Crippen molar-refractivity contribution in [3.05, 3.63) is 60.2 Å². The summed E-state index contributed by atoms with van der Waals surface area (Å²) in [6.07, 6.45) is 4.04. The highest BCUT2D eigenvalue weighted by atomic mass is 19.1. The van der Waals surface area contributed by atoms with Crippen LogP contribution in [0.5, 0.6) is 5.75 Å². The van der Waals surface area contributed by atoms with Crippen molar-refractivity contribution in [3.8, 4) is 5.75 Å². The average molecular weight is 371 g/mol. The maximum atomic E-state index is 13.1. The summed E-state index contributed by atoms with van der Waals surface area (Å²) in [5, 5.41) is 0. The molecule has 1 fully saturated rings. The number of amides is 2. The molecule has 2 N–H and O–H groups in total. The first-order chi connectivity index (χ1) is 13.0.